The molecule has 1 aliphatic rings. The Morgan fingerprint density at radius 1 is 1.56 bits per heavy atom. The molecule has 1 rings (SSSR count). The van der Waals surface area contributed by atoms with E-state index in [1.54, 1.807) is 0 Å². The van der Waals surface area contributed by atoms with E-state index in [1.165, 1.54) is 19.4 Å². The van der Waals surface area contributed by atoms with Crippen LogP contribution in [0.25, 0.3) is 0 Å². The van der Waals surface area contributed by atoms with Crippen molar-refractivity contribution in [1.82, 2.24) is 4.90 Å². The summed E-state index contributed by atoms with van der Waals surface area (Å²) >= 11 is 0. The van der Waals surface area contributed by atoms with Gasteiger partial charge in [0.15, 0.2) is 0 Å². The summed E-state index contributed by atoms with van der Waals surface area (Å²) in [6, 6.07) is 0. The highest BCUT2D eigenvalue weighted by molar-refractivity contribution is 4.75. The molecule has 9 heavy (non-hydrogen) atoms. The average molecular weight is 128 g/mol. The first-order chi connectivity index (χ1) is 4.33. The van der Waals surface area contributed by atoms with E-state index in [2.05, 4.69) is 11.9 Å². The summed E-state index contributed by atoms with van der Waals surface area (Å²) in [4.78, 5) is 2.32. The van der Waals surface area contributed by atoms with Crippen molar-refractivity contribution in [2.45, 2.75) is 12.8 Å². The third kappa shape index (κ3) is 2.82. The van der Waals surface area contributed by atoms with Gasteiger partial charge in [0.05, 0.1) is 0 Å². The van der Waals surface area contributed by atoms with Crippen LogP contribution in [-0.4, -0.2) is 31.6 Å². The number of likely N-dealkylation sites (N-methyl/N-ethyl adjacent to an activating group) is 1. The Hall–Kier alpha value is -0.0800. The summed E-state index contributed by atoms with van der Waals surface area (Å²) in [6.45, 7) is 3.11. The van der Waals surface area contributed by atoms with Gasteiger partial charge in [-0.15, -0.1) is 0 Å². The molecule has 0 radical (unpaired) electrons. The lowest BCUT2D eigenvalue weighted by atomic mass is 10.4. The quantitative estimate of drug-likeness (QED) is 0.589. The summed E-state index contributed by atoms with van der Waals surface area (Å²) < 4.78 is 0. The minimum Gasteiger partial charge on any atom is -0.329 e. The third-order valence-corrected chi connectivity index (χ3v) is 1.78. The molecule has 0 bridgehead atoms. The van der Waals surface area contributed by atoms with Crippen molar-refractivity contribution in [2.75, 3.05) is 26.7 Å². The van der Waals surface area contributed by atoms with E-state index >= 15 is 0 Å². The number of rotatable bonds is 4. The Morgan fingerprint density at radius 2 is 2.22 bits per heavy atom. The second-order valence-corrected chi connectivity index (χ2v) is 2.99. The van der Waals surface area contributed by atoms with Gasteiger partial charge in [-0.05, 0) is 25.8 Å². The van der Waals surface area contributed by atoms with E-state index in [1.807, 2.05) is 0 Å². The van der Waals surface area contributed by atoms with Crippen LogP contribution in [0.4, 0.5) is 0 Å². The zero-order chi connectivity index (χ0) is 6.69. The van der Waals surface area contributed by atoms with Crippen LogP contribution in [0.5, 0.6) is 0 Å². The van der Waals surface area contributed by atoms with Crippen LogP contribution in [0.2, 0.25) is 0 Å². The summed E-state index contributed by atoms with van der Waals surface area (Å²) in [6.07, 6.45) is 2.88. The molecule has 0 heterocycles. The highest BCUT2D eigenvalue weighted by Gasteiger charge is 2.22. The van der Waals surface area contributed by atoms with E-state index < -0.39 is 0 Å². The number of nitrogens with two attached hydrogens (primary N) is 1. The number of nitrogens with zero attached hydrogens (tertiary/aromatic N) is 1. The lowest BCUT2D eigenvalue weighted by Gasteiger charge is -2.13. The second kappa shape index (κ2) is 3.18. The molecule has 0 amide bonds. The predicted molar refractivity (Wildman–Crippen MR) is 39.3 cm³/mol. The molecular formula is C7H16N2. The molecule has 2 N–H and O–H groups in total. The van der Waals surface area contributed by atoms with Crippen LogP contribution >= 0.6 is 0 Å². The molecule has 0 spiro atoms. The zero-order valence-electron chi connectivity index (χ0n) is 6.14. The molecule has 2 heteroatoms. The SMILES string of the molecule is CN(CCN)CC1CC1. The molecule has 0 aromatic rings. The predicted octanol–water partition coefficient (Wildman–Crippen LogP) is 0.287. The fourth-order valence-corrected chi connectivity index (χ4v) is 1.05. The monoisotopic (exact) mass is 128 g/mol. The van der Waals surface area contributed by atoms with E-state index in [0.29, 0.717) is 0 Å². The smallest absolute Gasteiger partial charge is 0.0102 e. The molecule has 1 fully saturated rings. The molecule has 54 valence electrons. The maximum absolute atomic E-state index is 5.38. The number of hydrogen-bond donors (Lipinski definition) is 1. The average Bonchev–Trinajstić information content (AvgIpc) is 2.50. The molecule has 0 aromatic heterocycles. The normalized spacial score (nSPS) is 19.0. The molecule has 0 atom stereocenters. The molecule has 0 saturated heterocycles. The topological polar surface area (TPSA) is 29.3 Å². The maximum Gasteiger partial charge on any atom is 0.0102 e. The molecule has 1 saturated carbocycles. The van der Waals surface area contributed by atoms with Crippen molar-refractivity contribution in [2.24, 2.45) is 11.7 Å². The van der Waals surface area contributed by atoms with Crippen LogP contribution in [-0.2, 0) is 0 Å². The van der Waals surface area contributed by atoms with Crippen LogP contribution in [0.3, 0.4) is 0 Å². The van der Waals surface area contributed by atoms with Crippen LogP contribution < -0.4 is 5.73 Å². The standard InChI is InChI=1S/C7H16N2/c1-9(5-4-8)6-7-2-3-7/h7H,2-6,8H2,1H3. The largest absolute Gasteiger partial charge is 0.329 e. The molecular weight excluding hydrogens is 112 g/mol. The summed E-state index contributed by atoms with van der Waals surface area (Å²) in [5.41, 5.74) is 5.38. The highest BCUT2D eigenvalue weighted by Crippen LogP contribution is 2.28. The van der Waals surface area contributed by atoms with Gasteiger partial charge in [0.2, 0.25) is 0 Å². The van der Waals surface area contributed by atoms with Crippen molar-refractivity contribution in [1.29, 1.82) is 0 Å². The van der Waals surface area contributed by atoms with E-state index in [9.17, 15) is 0 Å². The van der Waals surface area contributed by atoms with Gasteiger partial charge >= 0.3 is 0 Å². The van der Waals surface area contributed by atoms with E-state index in [-0.39, 0.29) is 0 Å². The third-order valence-electron chi connectivity index (χ3n) is 1.78. The highest BCUT2D eigenvalue weighted by atomic mass is 15.1. The molecule has 1 aliphatic carbocycles. The fraction of sp³-hybridized carbons (Fsp3) is 1.00. The fourth-order valence-electron chi connectivity index (χ4n) is 1.05. The zero-order valence-corrected chi connectivity index (χ0v) is 6.14. The van der Waals surface area contributed by atoms with Crippen molar-refractivity contribution in [3.8, 4) is 0 Å². The Bertz CT molecular complexity index is 79.0. The first-order valence-electron chi connectivity index (χ1n) is 3.71. The molecule has 0 aromatic carbocycles. The van der Waals surface area contributed by atoms with Crippen LogP contribution in [0.1, 0.15) is 12.8 Å². The number of hydrogen-bond acceptors (Lipinski definition) is 2. The minimum absolute atomic E-state index is 0.795. The Morgan fingerprint density at radius 3 is 2.67 bits per heavy atom. The van der Waals surface area contributed by atoms with Crippen LogP contribution in [0.15, 0.2) is 0 Å². The maximum atomic E-state index is 5.38. The van der Waals surface area contributed by atoms with Gasteiger partial charge in [0, 0.05) is 19.6 Å². The molecule has 0 aliphatic heterocycles. The van der Waals surface area contributed by atoms with Gasteiger partial charge in [0.1, 0.15) is 0 Å². The summed E-state index contributed by atoms with van der Waals surface area (Å²) in [5, 5.41) is 0. The molecule has 2 nitrogen and oxygen atoms in total. The van der Waals surface area contributed by atoms with Gasteiger partial charge < -0.3 is 10.6 Å². The van der Waals surface area contributed by atoms with Crippen molar-refractivity contribution < 1.29 is 0 Å². The van der Waals surface area contributed by atoms with Gasteiger partial charge in [-0.3, -0.25) is 0 Å². The lowest BCUT2D eigenvalue weighted by molar-refractivity contribution is 0.329. The first-order valence-corrected chi connectivity index (χ1v) is 3.71. The Balaban J connectivity index is 1.95. The Labute approximate surface area is 57.0 Å². The Kier molecular flexibility index (Phi) is 2.49. The molecule has 0 unspecified atom stereocenters. The van der Waals surface area contributed by atoms with Gasteiger partial charge in [-0.2, -0.15) is 0 Å². The van der Waals surface area contributed by atoms with Crippen molar-refractivity contribution in [3.63, 3.8) is 0 Å². The van der Waals surface area contributed by atoms with E-state index in [0.717, 1.165) is 19.0 Å². The second-order valence-electron chi connectivity index (χ2n) is 2.99. The van der Waals surface area contributed by atoms with Gasteiger partial charge in [0.25, 0.3) is 0 Å². The van der Waals surface area contributed by atoms with E-state index in [4.69, 9.17) is 5.73 Å². The van der Waals surface area contributed by atoms with Crippen LogP contribution in [0, 0.1) is 5.92 Å². The van der Waals surface area contributed by atoms with Gasteiger partial charge in [-0.25, -0.2) is 0 Å². The van der Waals surface area contributed by atoms with Crippen molar-refractivity contribution in [3.05, 3.63) is 0 Å². The van der Waals surface area contributed by atoms with Gasteiger partial charge in [-0.1, -0.05) is 0 Å². The van der Waals surface area contributed by atoms with Crippen molar-refractivity contribution >= 4 is 0 Å². The lowest BCUT2D eigenvalue weighted by Crippen LogP contribution is -2.27. The first kappa shape index (κ1) is 7.03. The summed E-state index contributed by atoms with van der Waals surface area (Å²) in [5.74, 6) is 1.00. The minimum atomic E-state index is 0.795. The summed E-state index contributed by atoms with van der Waals surface area (Å²) in [7, 11) is 2.14.